The molecule has 0 aromatic heterocycles. The van der Waals surface area contributed by atoms with Crippen molar-refractivity contribution < 1.29 is 4.74 Å². The molecule has 1 aliphatic carbocycles. The lowest BCUT2D eigenvalue weighted by molar-refractivity contribution is 0.261. The average molecular weight is 260 g/mol. The van der Waals surface area contributed by atoms with E-state index in [2.05, 4.69) is 31.2 Å². The van der Waals surface area contributed by atoms with Crippen molar-refractivity contribution in [3.63, 3.8) is 0 Å². The Kier molecular flexibility index (Phi) is 5.75. The van der Waals surface area contributed by atoms with Crippen LogP contribution < -0.4 is 4.74 Å². The first-order chi connectivity index (χ1) is 9.31. The van der Waals surface area contributed by atoms with Gasteiger partial charge < -0.3 is 4.74 Å². The van der Waals surface area contributed by atoms with Crippen LogP contribution >= 0.6 is 0 Å². The van der Waals surface area contributed by atoms with E-state index in [1.54, 1.807) is 0 Å². The zero-order valence-electron chi connectivity index (χ0n) is 12.5. The fourth-order valence-corrected chi connectivity index (χ4v) is 3.35. The van der Waals surface area contributed by atoms with E-state index in [0.717, 1.165) is 24.2 Å². The van der Waals surface area contributed by atoms with Crippen molar-refractivity contribution in [1.82, 2.24) is 0 Å². The van der Waals surface area contributed by atoms with Gasteiger partial charge in [0.05, 0.1) is 6.61 Å². The highest BCUT2D eigenvalue weighted by molar-refractivity contribution is 5.27. The molecule has 1 aliphatic rings. The first kappa shape index (κ1) is 14.4. The molecule has 0 amide bonds. The van der Waals surface area contributed by atoms with Crippen molar-refractivity contribution in [3.8, 4) is 5.75 Å². The van der Waals surface area contributed by atoms with Crippen LogP contribution in [0.25, 0.3) is 0 Å². The van der Waals surface area contributed by atoms with E-state index in [1.807, 2.05) is 6.92 Å². The smallest absolute Gasteiger partial charge is 0.119 e. The van der Waals surface area contributed by atoms with Gasteiger partial charge in [0.25, 0.3) is 0 Å². The third-order valence-corrected chi connectivity index (χ3v) is 4.42. The van der Waals surface area contributed by atoms with Crippen LogP contribution in [0.3, 0.4) is 0 Å². The molecule has 106 valence electrons. The molecule has 0 radical (unpaired) electrons. The molecule has 2 rings (SSSR count). The van der Waals surface area contributed by atoms with Crippen LogP contribution in [0.2, 0.25) is 0 Å². The van der Waals surface area contributed by atoms with E-state index >= 15 is 0 Å². The maximum Gasteiger partial charge on any atom is 0.119 e. The van der Waals surface area contributed by atoms with Gasteiger partial charge in [0, 0.05) is 0 Å². The lowest BCUT2D eigenvalue weighted by Gasteiger charge is -2.28. The van der Waals surface area contributed by atoms with Crippen LogP contribution in [0.5, 0.6) is 5.75 Å². The summed E-state index contributed by atoms with van der Waals surface area (Å²) in [5, 5.41) is 0. The van der Waals surface area contributed by atoms with Gasteiger partial charge in [-0.25, -0.2) is 0 Å². The fourth-order valence-electron chi connectivity index (χ4n) is 3.35. The molecule has 1 aromatic carbocycles. The molecule has 0 unspecified atom stereocenters. The largest absolute Gasteiger partial charge is 0.494 e. The van der Waals surface area contributed by atoms with Crippen LogP contribution in [0.4, 0.5) is 0 Å². The summed E-state index contributed by atoms with van der Waals surface area (Å²) in [6, 6.07) is 8.70. The molecule has 1 heteroatoms. The summed E-state index contributed by atoms with van der Waals surface area (Å²) in [6.45, 7) is 5.09. The van der Waals surface area contributed by atoms with Crippen molar-refractivity contribution >= 4 is 0 Å². The molecule has 0 bridgehead atoms. The van der Waals surface area contributed by atoms with Gasteiger partial charge in [-0.1, -0.05) is 44.7 Å². The van der Waals surface area contributed by atoms with Crippen molar-refractivity contribution in [2.45, 2.75) is 58.8 Å². The average Bonchev–Trinajstić information content (AvgIpc) is 2.44. The molecule has 0 spiro atoms. The van der Waals surface area contributed by atoms with E-state index in [4.69, 9.17) is 4.74 Å². The van der Waals surface area contributed by atoms with Crippen LogP contribution in [-0.4, -0.2) is 6.61 Å². The van der Waals surface area contributed by atoms with Crippen LogP contribution in [0.1, 0.15) is 57.9 Å². The number of rotatable bonds is 6. The summed E-state index contributed by atoms with van der Waals surface area (Å²) < 4.78 is 5.49. The molecular formula is C18H28O. The minimum Gasteiger partial charge on any atom is -0.494 e. The van der Waals surface area contributed by atoms with Crippen LogP contribution in [0, 0.1) is 11.8 Å². The van der Waals surface area contributed by atoms with Crippen LogP contribution in [-0.2, 0) is 6.42 Å². The van der Waals surface area contributed by atoms with Gasteiger partial charge in [0.2, 0.25) is 0 Å². The molecule has 0 N–H and O–H groups in total. The number of ether oxygens (including phenoxy) is 1. The summed E-state index contributed by atoms with van der Waals surface area (Å²) in [7, 11) is 0. The molecule has 1 saturated carbocycles. The molecule has 1 nitrogen and oxygen atoms in total. The van der Waals surface area contributed by atoms with Crippen molar-refractivity contribution in [2.75, 3.05) is 6.61 Å². The van der Waals surface area contributed by atoms with E-state index in [0.29, 0.717) is 0 Å². The highest BCUT2D eigenvalue weighted by Crippen LogP contribution is 2.33. The Morgan fingerprint density at radius 2 is 1.58 bits per heavy atom. The lowest BCUT2D eigenvalue weighted by Crippen LogP contribution is -2.16. The molecule has 1 fully saturated rings. The zero-order valence-corrected chi connectivity index (χ0v) is 12.5. The Morgan fingerprint density at radius 1 is 0.947 bits per heavy atom. The topological polar surface area (TPSA) is 9.23 Å². The molecule has 0 aliphatic heterocycles. The Morgan fingerprint density at radius 3 is 2.16 bits per heavy atom. The van der Waals surface area contributed by atoms with Gasteiger partial charge in [-0.15, -0.1) is 0 Å². The second kappa shape index (κ2) is 7.57. The Bertz CT molecular complexity index is 346. The lowest BCUT2D eigenvalue weighted by atomic mass is 9.78. The second-order valence-electron chi connectivity index (χ2n) is 5.96. The standard InChI is InChI=1S/C18H28O/c1-3-5-15-6-8-16(9-7-15)14-17-10-12-18(13-11-17)19-4-2/h10-13,15-16H,3-9,14H2,1-2H3. The van der Waals surface area contributed by atoms with Gasteiger partial charge >= 0.3 is 0 Å². The minimum absolute atomic E-state index is 0.751. The minimum atomic E-state index is 0.751. The Balaban J connectivity index is 1.78. The SMILES string of the molecule is CCCC1CCC(Cc2ccc(OCC)cc2)CC1. The molecular weight excluding hydrogens is 232 g/mol. The molecule has 0 atom stereocenters. The Hall–Kier alpha value is -0.980. The number of hydrogen-bond donors (Lipinski definition) is 0. The van der Waals surface area contributed by atoms with E-state index < -0.39 is 0 Å². The van der Waals surface area contributed by atoms with Gasteiger partial charge in [0.1, 0.15) is 5.75 Å². The normalized spacial score (nSPS) is 23.3. The number of benzene rings is 1. The summed E-state index contributed by atoms with van der Waals surface area (Å²) in [5.74, 6) is 2.92. The third kappa shape index (κ3) is 4.56. The first-order valence-electron chi connectivity index (χ1n) is 8.03. The molecule has 0 saturated heterocycles. The second-order valence-corrected chi connectivity index (χ2v) is 5.96. The van der Waals surface area contributed by atoms with Crippen molar-refractivity contribution in [2.24, 2.45) is 11.8 Å². The quantitative estimate of drug-likeness (QED) is 0.680. The predicted octanol–water partition coefficient (Wildman–Crippen LogP) is 5.23. The predicted molar refractivity (Wildman–Crippen MR) is 81.7 cm³/mol. The van der Waals surface area contributed by atoms with E-state index in [-0.39, 0.29) is 0 Å². The van der Waals surface area contributed by atoms with Gasteiger partial charge in [-0.2, -0.15) is 0 Å². The summed E-state index contributed by atoms with van der Waals surface area (Å²) >= 11 is 0. The highest BCUT2D eigenvalue weighted by Gasteiger charge is 2.20. The van der Waals surface area contributed by atoms with Gasteiger partial charge in [-0.05, 0) is 55.7 Å². The fraction of sp³-hybridized carbons (Fsp3) is 0.667. The molecule has 0 heterocycles. The molecule has 19 heavy (non-hydrogen) atoms. The summed E-state index contributed by atoms with van der Waals surface area (Å²) in [6.07, 6.45) is 9.82. The van der Waals surface area contributed by atoms with Crippen molar-refractivity contribution in [1.29, 1.82) is 0 Å². The zero-order chi connectivity index (χ0) is 13.5. The van der Waals surface area contributed by atoms with Gasteiger partial charge in [0.15, 0.2) is 0 Å². The van der Waals surface area contributed by atoms with Crippen molar-refractivity contribution in [3.05, 3.63) is 29.8 Å². The van der Waals surface area contributed by atoms with Crippen LogP contribution in [0.15, 0.2) is 24.3 Å². The molecule has 1 aromatic rings. The maximum atomic E-state index is 5.49. The van der Waals surface area contributed by atoms with E-state index in [9.17, 15) is 0 Å². The monoisotopic (exact) mass is 260 g/mol. The van der Waals surface area contributed by atoms with Gasteiger partial charge in [-0.3, -0.25) is 0 Å². The van der Waals surface area contributed by atoms with E-state index in [1.165, 1.54) is 50.5 Å². The maximum absolute atomic E-state index is 5.49. The third-order valence-electron chi connectivity index (χ3n) is 4.42. The summed E-state index contributed by atoms with van der Waals surface area (Å²) in [5.41, 5.74) is 1.47. The first-order valence-corrected chi connectivity index (χ1v) is 8.03. The Labute approximate surface area is 118 Å². The number of hydrogen-bond acceptors (Lipinski definition) is 1. The summed E-state index contributed by atoms with van der Waals surface area (Å²) in [4.78, 5) is 0. The highest BCUT2D eigenvalue weighted by atomic mass is 16.5.